The lowest BCUT2D eigenvalue weighted by atomic mass is 9.43. The molecule has 4 atom stereocenters. The lowest BCUT2D eigenvalue weighted by molar-refractivity contribution is -0.199. The van der Waals surface area contributed by atoms with Gasteiger partial charge in [0, 0.05) is 5.46 Å². The fraction of sp³-hybridized carbons (Fsp3) is 0.647. The quantitative estimate of drug-likeness (QED) is 0.782. The van der Waals surface area contributed by atoms with Crippen molar-refractivity contribution >= 4 is 12.6 Å². The highest BCUT2D eigenvalue weighted by Crippen LogP contribution is 2.65. The second kappa shape index (κ2) is 4.27. The summed E-state index contributed by atoms with van der Waals surface area (Å²) in [6.07, 6.45) is 2.61. The first-order chi connectivity index (χ1) is 9.96. The maximum absolute atomic E-state index is 6.46. The number of ether oxygens (including phenoxy) is 1. The lowest BCUT2D eigenvalue weighted by Crippen LogP contribution is -2.65. The summed E-state index contributed by atoms with van der Waals surface area (Å²) in [6, 6.07) is 8.00. The molecule has 1 aromatic rings. The molecule has 0 spiro atoms. The molecule has 4 aliphatic rings. The van der Waals surface area contributed by atoms with Crippen LogP contribution in [0.15, 0.2) is 24.3 Å². The van der Waals surface area contributed by atoms with Crippen molar-refractivity contribution in [2.75, 3.05) is 7.11 Å². The fourth-order valence-electron chi connectivity index (χ4n) is 4.86. The third-order valence-electron chi connectivity index (χ3n) is 6.34. The molecule has 1 heterocycles. The highest BCUT2D eigenvalue weighted by atomic mass is 16.7. The molecule has 3 aliphatic carbocycles. The molecule has 4 heteroatoms. The van der Waals surface area contributed by atoms with Gasteiger partial charge in [0.1, 0.15) is 5.75 Å². The molecule has 0 aromatic heterocycles. The summed E-state index contributed by atoms with van der Waals surface area (Å²) < 4.78 is 18.2. The van der Waals surface area contributed by atoms with E-state index in [1.54, 1.807) is 7.11 Å². The summed E-state index contributed by atoms with van der Waals surface area (Å²) in [4.78, 5) is 0. The molecule has 3 saturated carbocycles. The van der Waals surface area contributed by atoms with E-state index in [1.165, 1.54) is 6.42 Å². The Bertz CT molecular complexity index is 573. The summed E-state index contributed by atoms with van der Waals surface area (Å²) in [5, 5.41) is 0. The molecule has 1 saturated heterocycles. The van der Waals surface area contributed by atoms with Crippen molar-refractivity contribution in [3.63, 3.8) is 0 Å². The topological polar surface area (TPSA) is 27.7 Å². The third kappa shape index (κ3) is 1.69. The number of benzene rings is 1. The SMILES string of the molecule is COc1ccccc1B1OC2CC3CC(C3(C)C)C2(C)O1. The zero-order chi connectivity index (χ0) is 14.8. The van der Waals surface area contributed by atoms with Crippen LogP contribution in [-0.2, 0) is 9.31 Å². The lowest BCUT2D eigenvalue weighted by Gasteiger charge is -2.64. The number of hydrogen-bond acceptors (Lipinski definition) is 3. The Morgan fingerprint density at radius 2 is 1.95 bits per heavy atom. The van der Waals surface area contributed by atoms with Gasteiger partial charge >= 0.3 is 7.12 Å². The number of rotatable bonds is 2. The van der Waals surface area contributed by atoms with Gasteiger partial charge < -0.3 is 14.0 Å². The largest absolute Gasteiger partial charge is 0.498 e. The fourth-order valence-corrected chi connectivity index (χ4v) is 4.86. The number of hydrogen-bond donors (Lipinski definition) is 0. The molecule has 4 fully saturated rings. The van der Waals surface area contributed by atoms with Gasteiger partial charge in [-0.1, -0.05) is 32.0 Å². The molecular formula is C17H23BO3. The van der Waals surface area contributed by atoms with Crippen molar-refractivity contribution < 1.29 is 14.0 Å². The Labute approximate surface area is 127 Å². The highest BCUT2D eigenvalue weighted by molar-refractivity contribution is 6.63. The van der Waals surface area contributed by atoms with E-state index in [4.69, 9.17) is 14.0 Å². The molecule has 3 nitrogen and oxygen atoms in total. The van der Waals surface area contributed by atoms with Gasteiger partial charge in [-0.25, -0.2) is 0 Å². The third-order valence-corrected chi connectivity index (χ3v) is 6.34. The molecule has 0 amide bonds. The zero-order valence-electron chi connectivity index (χ0n) is 13.3. The molecule has 1 aromatic carbocycles. The van der Waals surface area contributed by atoms with Gasteiger partial charge in [0.2, 0.25) is 0 Å². The molecular weight excluding hydrogens is 263 g/mol. The van der Waals surface area contributed by atoms with Crippen LogP contribution in [0.5, 0.6) is 5.75 Å². The Kier molecular flexibility index (Phi) is 2.77. The van der Waals surface area contributed by atoms with Crippen molar-refractivity contribution in [1.29, 1.82) is 0 Å². The minimum atomic E-state index is -0.300. The van der Waals surface area contributed by atoms with Gasteiger partial charge in [-0.15, -0.1) is 0 Å². The zero-order valence-corrected chi connectivity index (χ0v) is 13.3. The normalized spacial score (nSPS) is 39.6. The Morgan fingerprint density at radius 3 is 2.67 bits per heavy atom. The molecule has 112 valence electrons. The average Bonchev–Trinajstić information content (AvgIpc) is 2.83. The van der Waals surface area contributed by atoms with Crippen LogP contribution >= 0.6 is 0 Å². The Balaban J connectivity index is 1.65. The highest BCUT2D eigenvalue weighted by Gasteiger charge is 2.68. The van der Waals surface area contributed by atoms with E-state index in [2.05, 4.69) is 20.8 Å². The van der Waals surface area contributed by atoms with Crippen LogP contribution in [0.1, 0.15) is 33.6 Å². The van der Waals surface area contributed by atoms with E-state index in [-0.39, 0.29) is 18.8 Å². The maximum Gasteiger partial charge on any atom is 0.498 e. The summed E-state index contributed by atoms with van der Waals surface area (Å²) in [6.45, 7) is 7.01. The van der Waals surface area contributed by atoms with E-state index in [9.17, 15) is 0 Å². The molecule has 0 radical (unpaired) electrons. The van der Waals surface area contributed by atoms with E-state index in [0.29, 0.717) is 11.3 Å². The minimum Gasteiger partial charge on any atom is -0.497 e. The standard InChI is InChI=1S/C17H23BO3/c1-16(2)11-9-14(16)17(3)15(10-11)20-18(21-17)12-7-5-6-8-13(12)19-4/h5-8,11,14-15H,9-10H2,1-4H3. The van der Waals surface area contributed by atoms with Crippen LogP contribution in [0.4, 0.5) is 0 Å². The number of methoxy groups -OCH3 is 1. The van der Waals surface area contributed by atoms with Crippen LogP contribution < -0.4 is 10.2 Å². The summed E-state index contributed by atoms with van der Waals surface area (Å²) >= 11 is 0. The molecule has 4 unspecified atom stereocenters. The monoisotopic (exact) mass is 286 g/mol. The average molecular weight is 286 g/mol. The van der Waals surface area contributed by atoms with Gasteiger partial charge in [0.05, 0.1) is 18.8 Å². The molecule has 0 N–H and O–H groups in total. The van der Waals surface area contributed by atoms with E-state index in [0.717, 1.165) is 23.6 Å². The van der Waals surface area contributed by atoms with Crippen molar-refractivity contribution in [2.45, 2.75) is 45.3 Å². The molecule has 1 aliphatic heterocycles. The maximum atomic E-state index is 6.46. The van der Waals surface area contributed by atoms with E-state index < -0.39 is 0 Å². The minimum absolute atomic E-state index is 0.163. The first-order valence-corrected chi connectivity index (χ1v) is 7.93. The van der Waals surface area contributed by atoms with Crippen molar-refractivity contribution in [1.82, 2.24) is 0 Å². The van der Waals surface area contributed by atoms with E-state index in [1.807, 2.05) is 24.3 Å². The predicted octanol–water partition coefficient (Wildman–Crippen LogP) is 2.63. The first kappa shape index (κ1) is 13.7. The summed E-state index contributed by atoms with van der Waals surface area (Å²) in [5.41, 5.74) is 1.22. The summed E-state index contributed by atoms with van der Waals surface area (Å²) in [5.74, 6) is 2.21. The Morgan fingerprint density at radius 1 is 1.19 bits per heavy atom. The van der Waals surface area contributed by atoms with Gasteiger partial charge in [0.15, 0.2) is 0 Å². The van der Waals surface area contributed by atoms with Crippen molar-refractivity contribution in [3.05, 3.63) is 24.3 Å². The van der Waals surface area contributed by atoms with Gasteiger partial charge in [-0.3, -0.25) is 0 Å². The van der Waals surface area contributed by atoms with Gasteiger partial charge in [0.25, 0.3) is 0 Å². The second-order valence-electron chi connectivity index (χ2n) is 7.54. The van der Waals surface area contributed by atoms with Crippen LogP contribution in [0.2, 0.25) is 0 Å². The van der Waals surface area contributed by atoms with Crippen LogP contribution in [-0.4, -0.2) is 25.9 Å². The summed E-state index contributed by atoms with van der Waals surface area (Å²) in [7, 11) is 1.40. The van der Waals surface area contributed by atoms with Gasteiger partial charge in [-0.05, 0) is 43.1 Å². The first-order valence-electron chi connectivity index (χ1n) is 7.93. The molecule has 21 heavy (non-hydrogen) atoms. The second-order valence-corrected chi connectivity index (χ2v) is 7.54. The van der Waals surface area contributed by atoms with Crippen molar-refractivity contribution in [2.24, 2.45) is 17.3 Å². The van der Waals surface area contributed by atoms with Crippen LogP contribution in [0.25, 0.3) is 0 Å². The smallest absolute Gasteiger partial charge is 0.497 e. The Hall–Kier alpha value is -0.995. The number of para-hydroxylation sites is 1. The molecule has 2 bridgehead atoms. The molecule has 5 rings (SSSR count). The van der Waals surface area contributed by atoms with Gasteiger partial charge in [-0.2, -0.15) is 0 Å². The van der Waals surface area contributed by atoms with E-state index >= 15 is 0 Å². The van der Waals surface area contributed by atoms with Crippen LogP contribution in [0, 0.1) is 17.3 Å². The van der Waals surface area contributed by atoms with Crippen molar-refractivity contribution in [3.8, 4) is 5.75 Å². The predicted molar refractivity (Wildman–Crippen MR) is 82.7 cm³/mol. The van der Waals surface area contributed by atoms with Crippen LogP contribution in [0.3, 0.4) is 0 Å².